The molecule has 6 rings (SSSR count). The van der Waals surface area contributed by atoms with Gasteiger partial charge in [-0.3, -0.25) is 9.59 Å². The van der Waals surface area contributed by atoms with Crippen molar-refractivity contribution in [3.05, 3.63) is 60.6 Å². The van der Waals surface area contributed by atoms with Crippen LogP contribution in [0.15, 0.2) is 21.4 Å². The second-order valence-electron chi connectivity index (χ2n) is 12.4. The molecule has 13 heteroatoms. The van der Waals surface area contributed by atoms with Crippen LogP contribution in [0.1, 0.15) is 74.4 Å². The molecule has 3 aliphatic rings. The molecule has 0 bridgehead atoms. The number of ether oxygens (including phenoxy) is 1. The maximum Gasteiger partial charge on any atom is 0.400 e. The normalized spacial score (nSPS) is 21.6. The Labute approximate surface area is 251 Å². The molecule has 43 heavy (non-hydrogen) atoms. The Morgan fingerprint density at radius 1 is 1.23 bits per heavy atom. The van der Waals surface area contributed by atoms with Crippen molar-refractivity contribution in [2.75, 3.05) is 0 Å². The predicted octanol–water partition coefficient (Wildman–Crippen LogP) is 5.31. The van der Waals surface area contributed by atoms with E-state index in [-0.39, 0.29) is 64.9 Å². The lowest BCUT2D eigenvalue weighted by Gasteiger charge is -2.34. The molecule has 1 unspecified atom stereocenters. The largest absolute Gasteiger partial charge is 0.458 e. The van der Waals surface area contributed by atoms with E-state index in [2.05, 4.69) is 21.2 Å². The SMILES string of the molecule is CC[C@@]1(O)C(=O)OCc2c1cc1n(c2=O)Cc2c-1nc1cc(F)c(Br)c3c1c2[C@H](NC(=O)C(C(C)(C)C)C(F)(F)F)CC3. The molecule has 1 amide bonds. The molecule has 8 nitrogen and oxygen atoms in total. The summed E-state index contributed by atoms with van der Waals surface area (Å²) in [5.41, 5.74) is -1.55. The zero-order valence-corrected chi connectivity index (χ0v) is 25.3. The zero-order valence-electron chi connectivity index (χ0n) is 23.7. The van der Waals surface area contributed by atoms with Gasteiger partial charge in [-0.15, -0.1) is 0 Å². The van der Waals surface area contributed by atoms with E-state index in [1.807, 2.05) is 0 Å². The molecule has 0 fully saturated rings. The molecular weight excluding hydrogens is 638 g/mol. The first kappa shape index (κ1) is 29.7. The molecule has 1 aromatic carbocycles. The highest BCUT2D eigenvalue weighted by molar-refractivity contribution is 9.10. The Balaban J connectivity index is 1.58. The lowest BCUT2D eigenvalue weighted by atomic mass is 9.78. The van der Waals surface area contributed by atoms with Gasteiger partial charge < -0.3 is 19.7 Å². The van der Waals surface area contributed by atoms with E-state index in [1.165, 1.54) is 37.5 Å². The van der Waals surface area contributed by atoms with Gasteiger partial charge in [0.1, 0.15) is 18.3 Å². The third-order valence-electron chi connectivity index (χ3n) is 8.81. The number of cyclic esters (lactones) is 1. The molecule has 4 heterocycles. The Morgan fingerprint density at radius 2 is 1.93 bits per heavy atom. The number of nitrogens with one attached hydrogen (secondary N) is 1. The number of aliphatic hydroxyl groups is 1. The lowest BCUT2D eigenvalue weighted by Crippen LogP contribution is -2.47. The van der Waals surface area contributed by atoms with Crippen LogP contribution in [0.25, 0.3) is 22.3 Å². The summed E-state index contributed by atoms with van der Waals surface area (Å²) in [4.78, 5) is 44.2. The number of carbonyl (C=O) groups is 2. The number of amides is 1. The Morgan fingerprint density at radius 3 is 2.56 bits per heavy atom. The monoisotopic (exact) mass is 665 g/mol. The Hall–Kier alpha value is -3.32. The van der Waals surface area contributed by atoms with Crippen LogP contribution in [0.4, 0.5) is 17.6 Å². The van der Waals surface area contributed by atoms with Crippen LogP contribution in [0.5, 0.6) is 0 Å². The number of hydrogen-bond donors (Lipinski definition) is 2. The number of halogens is 5. The first-order chi connectivity index (χ1) is 20.0. The molecule has 0 saturated heterocycles. The predicted molar refractivity (Wildman–Crippen MR) is 150 cm³/mol. The molecular formula is C30H28BrF4N3O5. The van der Waals surface area contributed by atoms with Gasteiger partial charge in [-0.2, -0.15) is 13.2 Å². The number of fused-ring (bicyclic) bond motifs is 5. The summed E-state index contributed by atoms with van der Waals surface area (Å²) in [7, 11) is 0. The van der Waals surface area contributed by atoms with Gasteiger partial charge in [0, 0.05) is 22.6 Å². The number of hydrogen-bond acceptors (Lipinski definition) is 6. The second-order valence-corrected chi connectivity index (χ2v) is 13.2. The van der Waals surface area contributed by atoms with E-state index < -0.39 is 52.4 Å². The van der Waals surface area contributed by atoms with E-state index in [1.54, 1.807) is 6.92 Å². The van der Waals surface area contributed by atoms with Gasteiger partial charge in [0.2, 0.25) is 5.91 Å². The van der Waals surface area contributed by atoms with Crippen molar-refractivity contribution in [3.8, 4) is 11.4 Å². The van der Waals surface area contributed by atoms with E-state index in [0.29, 0.717) is 22.1 Å². The fraction of sp³-hybridized carbons (Fsp3) is 0.467. The minimum atomic E-state index is -4.80. The number of aryl methyl sites for hydroxylation is 1. The van der Waals surface area contributed by atoms with Crippen molar-refractivity contribution in [2.24, 2.45) is 11.3 Å². The quantitative estimate of drug-likeness (QED) is 0.227. The van der Waals surface area contributed by atoms with Crippen molar-refractivity contribution in [1.29, 1.82) is 0 Å². The maximum atomic E-state index is 15.0. The van der Waals surface area contributed by atoms with Crippen LogP contribution < -0.4 is 10.9 Å². The first-order valence-corrected chi connectivity index (χ1v) is 14.7. The summed E-state index contributed by atoms with van der Waals surface area (Å²) in [6, 6.07) is 1.81. The van der Waals surface area contributed by atoms with Crippen molar-refractivity contribution >= 4 is 38.7 Å². The number of rotatable bonds is 3. The van der Waals surface area contributed by atoms with Gasteiger partial charge >= 0.3 is 12.1 Å². The fourth-order valence-corrected chi connectivity index (χ4v) is 7.30. The number of esters is 1. The van der Waals surface area contributed by atoms with E-state index in [0.717, 1.165) is 0 Å². The average Bonchev–Trinajstić information content (AvgIpc) is 3.27. The first-order valence-electron chi connectivity index (χ1n) is 13.9. The number of alkyl halides is 3. The number of nitrogens with zero attached hydrogens (tertiary/aromatic N) is 2. The summed E-state index contributed by atoms with van der Waals surface area (Å²) in [6.45, 7) is 5.25. The Bertz CT molecular complexity index is 1800. The highest BCUT2D eigenvalue weighted by atomic mass is 79.9. The summed E-state index contributed by atoms with van der Waals surface area (Å²) < 4.78 is 64.0. The van der Waals surface area contributed by atoms with Crippen molar-refractivity contribution in [3.63, 3.8) is 0 Å². The molecule has 3 aromatic rings. The molecule has 0 radical (unpaired) electrons. The number of pyridine rings is 2. The van der Waals surface area contributed by atoms with E-state index in [4.69, 9.17) is 9.72 Å². The van der Waals surface area contributed by atoms with Gasteiger partial charge in [0.05, 0.1) is 39.5 Å². The number of benzene rings is 1. The number of aromatic nitrogens is 2. The zero-order chi connectivity index (χ0) is 31.4. The van der Waals surface area contributed by atoms with Crippen LogP contribution >= 0.6 is 15.9 Å². The second kappa shape index (κ2) is 9.59. The third-order valence-corrected chi connectivity index (χ3v) is 9.67. The maximum absolute atomic E-state index is 15.0. The van der Waals surface area contributed by atoms with Crippen molar-refractivity contribution < 1.29 is 37.0 Å². The van der Waals surface area contributed by atoms with Crippen LogP contribution in [-0.2, 0) is 39.5 Å². The van der Waals surface area contributed by atoms with E-state index >= 15 is 4.39 Å². The number of carbonyl (C=O) groups excluding carboxylic acids is 2. The van der Waals surface area contributed by atoms with Crippen molar-refractivity contribution in [2.45, 2.75) is 77.9 Å². The Kier molecular flexibility index (Phi) is 6.63. The smallest absolute Gasteiger partial charge is 0.400 e. The van der Waals surface area contributed by atoms with Crippen LogP contribution in [0.2, 0.25) is 0 Å². The van der Waals surface area contributed by atoms with Crippen LogP contribution in [-0.4, -0.2) is 32.7 Å². The molecule has 2 aliphatic heterocycles. The minimum Gasteiger partial charge on any atom is -0.458 e. The van der Waals surface area contributed by atoms with Gasteiger partial charge in [-0.05, 0) is 57.8 Å². The molecule has 2 aromatic heterocycles. The summed E-state index contributed by atoms with van der Waals surface area (Å²) in [5, 5.41) is 14.3. The van der Waals surface area contributed by atoms with Gasteiger partial charge in [0.25, 0.3) is 5.56 Å². The molecule has 228 valence electrons. The average molecular weight is 666 g/mol. The topological polar surface area (TPSA) is 111 Å². The van der Waals surface area contributed by atoms with Gasteiger partial charge in [0.15, 0.2) is 5.60 Å². The highest BCUT2D eigenvalue weighted by Gasteiger charge is 2.52. The van der Waals surface area contributed by atoms with Gasteiger partial charge in [-0.1, -0.05) is 27.7 Å². The molecule has 0 spiro atoms. The molecule has 0 saturated carbocycles. The van der Waals surface area contributed by atoms with Crippen LogP contribution in [0, 0.1) is 17.2 Å². The van der Waals surface area contributed by atoms with Gasteiger partial charge in [-0.25, -0.2) is 14.2 Å². The minimum absolute atomic E-state index is 0.0314. The summed E-state index contributed by atoms with van der Waals surface area (Å²) in [5.74, 6) is -4.94. The highest BCUT2D eigenvalue weighted by Crippen LogP contribution is 2.47. The lowest BCUT2D eigenvalue weighted by molar-refractivity contribution is -0.202. The van der Waals surface area contributed by atoms with Crippen LogP contribution in [0.3, 0.4) is 0 Å². The van der Waals surface area contributed by atoms with Crippen molar-refractivity contribution in [1.82, 2.24) is 14.9 Å². The molecule has 2 N–H and O–H groups in total. The summed E-state index contributed by atoms with van der Waals surface area (Å²) >= 11 is 3.30. The standard InChI is InChI=1S/C30H28BrF4N3O5/c1-5-29(42)15-8-19-23-13(10-38(19)26(40)14(15)11-43-27(29)41)21-17(37-25(39)24(28(2,3)4)30(33,34)35)7-6-12-20(21)18(36-23)9-16(32)22(12)31/h8-9,17,24,42H,5-7,10-11H2,1-4H3,(H,37,39)/t17-,24?,29+/m1/s1. The molecule has 3 atom stereocenters. The van der Waals surface area contributed by atoms with E-state index in [9.17, 15) is 32.7 Å². The third kappa shape index (κ3) is 4.33. The summed E-state index contributed by atoms with van der Waals surface area (Å²) in [6.07, 6.45) is -4.42. The molecule has 1 aliphatic carbocycles. The fourth-order valence-electron chi connectivity index (χ4n) is 6.79.